The number of benzene rings is 4. The Balaban J connectivity index is 1.75. The summed E-state index contributed by atoms with van der Waals surface area (Å²) in [5.74, 6) is 0.499. The van der Waals surface area contributed by atoms with Crippen molar-refractivity contribution >= 4 is 27.1 Å². The highest BCUT2D eigenvalue weighted by Crippen LogP contribution is 2.51. The molecule has 0 saturated heterocycles. The molecule has 0 heterocycles. The zero-order valence-corrected chi connectivity index (χ0v) is 13.3. The van der Waals surface area contributed by atoms with Crippen LogP contribution in [0, 0.1) is 0 Å². The van der Waals surface area contributed by atoms with Crippen molar-refractivity contribution in [3.63, 3.8) is 0 Å². The van der Waals surface area contributed by atoms with Crippen molar-refractivity contribution in [2.24, 2.45) is 0 Å². The van der Waals surface area contributed by atoms with Gasteiger partial charge in [0.05, 0.1) is 0 Å². The molecule has 3 aliphatic carbocycles. The van der Waals surface area contributed by atoms with Gasteiger partial charge in [0, 0.05) is 5.92 Å². The number of hydrogen-bond donors (Lipinski definition) is 0. The van der Waals surface area contributed by atoms with E-state index in [1.807, 2.05) is 0 Å². The lowest BCUT2D eigenvalue weighted by Gasteiger charge is -2.35. The van der Waals surface area contributed by atoms with E-state index < -0.39 is 0 Å². The molecule has 0 N–H and O–H groups in total. The minimum absolute atomic E-state index is 0.499. The molecule has 4 aromatic carbocycles. The van der Waals surface area contributed by atoms with Crippen LogP contribution < -0.4 is 0 Å². The Labute approximate surface area is 141 Å². The fourth-order valence-corrected chi connectivity index (χ4v) is 4.69. The average molecular weight is 304 g/mol. The average Bonchev–Trinajstić information content (AvgIpc) is 2.66. The first kappa shape index (κ1) is 12.5. The fraction of sp³-hybridized carbons (Fsp3) is 0.0833. The zero-order valence-electron chi connectivity index (χ0n) is 13.3. The van der Waals surface area contributed by atoms with Crippen LogP contribution in [0.4, 0.5) is 0 Å². The predicted molar refractivity (Wildman–Crippen MR) is 101 cm³/mol. The zero-order chi connectivity index (χ0) is 15.7. The van der Waals surface area contributed by atoms with Gasteiger partial charge in [-0.25, -0.2) is 0 Å². The molecule has 0 amide bonds. The summed E-state index contributed by atoms with van der Waals surface area (Å²) in [6, 6.07) is 27.0. The van der Waals surface area contributed by atoms with Crippen molar-refractivity contribution in [3.05, 3.63) is 101 Å². The molecule has 112 valence electrons. The first-order valence-corrected chi connectivity index (χ1v) is 8.65. The standard InChI is InChI=1S/C24H16/c1-2-6-16-14-23-17(13-15(16)5-1)9-10-21-20-11-12-22(24(21)23)19-8-4-3-7-18(19)20/h1-11,13-14,22H,12H2. The van der Waals surface area contributed by atoms with E-state index in [-0.39, 0.29) is 0 Å². The number of fused-ring (bicyclic) bond motifs is 3. The quantitative estimate of drug-likeness (QED) is 0.336. The molecular formula is C24H16. The maximum Gasteiger partial charge on any atom is 0.0143 e. The molecule has 0 radical (unpaired) electrons. The van der Waals surface area contributed by atoms with Crippen molar-refractivity contribution in [3.8, 4) is 0 Å². The third-order valence-corrected chi connectivity index (χ3v) is 5.75. The van der Waals surface area contributed by atoms with Gasteiger partial charge in [-0.1, -0.05) is 66.7 Å². The lowest BCUT2D eigenvalue weighted by molar-refractivity contribution is 0.800. The topological polar surface area (TPSA) is 0 Å². The molecule has 7 rings (SSSR count). The second-order valence-corrected chi connectivity index (χ2v) is 6.94. The number of allylic oxidation sites excluding steroid dienone is 1. The molecule has 0 saturated carbocycles. The third-order valence-electron chi connectivity index (χ3n) is 5.75. The van der Waals surface area contributed by atoms with Gasteiger partial charge in [0.25, 0.3) is 0 Å². The molecule has 2 bridgehead atoms. The Kier molecular flexibility index (Phi) is 2.28. The fourth-order valence-electron chi connectivity index (χ4n) is 4.69. The summed E-state index contributed by atoms with van der Waals surface area (Å²) >= 11 is 0. The van der Waals surface area contributed by atoms with Gasteiger partial charge >= 0.3 is 0 Å². The summed E-state index contributed by atoms with van der Waals surface area (Å²) in [6.45, 7) is 0. The summed E-state index contributed by atoms with van der Waals surface area (Å²) in [4.78, 5) is 0. The first-order valence-electron chi connectivity index (χ1n) is 8.65. The minimum Gasteiger partial charge on any atom is -0.0751 e. The summed E-state index contributed by atoms with van der Waals surface area (Å²) in [7, 11) is 0. The van der Waals surface area contributed by atoms with Gasteiger partial charge < -0.3 is 0 Å². The van der Waals surface area contributed by atoms with Crippen molar-refractivity contribution < 1.29 is 0 Å². The lowest BCUT2D eigenvalue weighted by Crippen LogP contribution is -2.17. The lowest BCUT2D eigenvalue weighted by atomic mass is 9.68. The van der Waals surface area contributed by atoms with Gasteiger partial charge in [-0.05, 0) is 67.9 Å². The van der Waals surface area contributed by atoms with E-state index >= 15 is 0 Å². The molecule has 0 fully saturated rings. The van der Waals surface area contributed by atoms with Crippen LogP contribution in [0.2, 0.25) is 0 Å². The highest BCUT2D eigenvalue weighted by molar-refractivity contribution is 6.04. The summed E-state index contributed by atoms with van der Waals surface area (Å²) in [6.07, 6.45) is 3.56. The second kappa shape index (κ2) is 4.36. The Morgan fingerprint density at radius 2 is 1.46 bits per heavy atom. The second-order valence-electron chi connectivity index (χ2n) is 6.94. The SMILES string of the molecule is C1=C2c3ccccc3C(C1)c1c2ccc2cc3ccccc3cc12. The van der Waals surface area contributed by atoms with Crippen molar-refractivity contribution in [2.75, 3.05) is 0 Å². The van der Waals surface area contributed by atoms with Gasteiger partial charge in [0.15, 0.2) is 0 Å². The smallest absolute Gasteiger partial charge is 0.0143 e. The van der Waals surface area contributed by atoms with Crippen LogP contribution in [0.15, 0.2) is 78.9 Å². The predicted octanol–water partition coefficient (Wildman–Crippen LogP) is 6.27. The highest BCUT2D eigenvalue weighted by Gasteiger charge is 2.33. The molecule has 0 heteroatoms. The Bertz CT molecular complexity index is 1180. The molecule has 1 atom stereocenters. The van der Waals surface area contributed by atoms with Crippen LogP contribution in [0.25, 0.3) is 27.1 Å². The summed E-state index contributed by atoms with van der Waals surface area (Å²) < 4.78 is 0. The largest absolute Gasteiger partial charge is 0.0751 e. The number of hydrogen-bond acceptors (Lipinski definition) is 0. The van der Waals surface area contributed by atoms with Crippen LogP contribution in [0.1, 0.15) is 34.6 Å². The van der Waals surface area contributed by atoms with E-state index in [9.17, 15) is 0 Å². The normalized spacial score (nSPS) is 17.7. The van der Waals surface area contributed by atoms with E-state index in [0.717, 1.165) is 6.42 Å². The Hall–Kier alpha value is -2.86. The Morgan fingerprint density at radius 3 is 2.38 bits per heavy atom. The van der Waals surface area contributed by atoms with Gasteiger partial charge in [0.2, 0.25) is 0 Å². The van der Waals surface area contributed by atoms with E-state index in [1.54, 1.807) is 0 Å². The molecule has 0 aliphatic heterocycles. The third kappa shape index (κ3) is 1.48. The van der Waals surface area contributed by atoms with E-state index in [1.165, 1.54) is 49.4 Å². The number of rotatable bonds is 0. The van der Waals surface area contributed by atoms with Crippen molar-refractivity contribution in [1.82, 2.24) is 0 Å². The van der Waals surface area contributed by atoms with Crippen LogP contribution in [0.5, 0.6) is 0 Å². The van der Waals surface area contributed by atoms with Crippen molar-refractivity contribution in [2.45, 2.75) is 12.3 Å². The first-order chi connectivity index (χ1) is 11.9. The van der Waals surface area contributed by atoms with Crippen LogP contribution in [-0.4, -0.2) is 0 Å². The molecule has 0 nitrogen and oxygen atoms in total. The van der Waals surface area contributed by atoms with E-state index in [4.69, 9.17) is 0 Å². The van der Waals surface area contributed by atoms with Gasteiger partial charge in [-0.2, -0.15) is 0 Å². The van der Waals surface area contributed by atoms with Crippen LogP contribution in [0.3, 0.4) is 0 Å². The van der Waals surface area contributed by atoms with Crippen LogP contribution in [-0.2, 0) is 0 Å². The maximum atomic E-state index is 2.43. The monoisotopic (exact) mass is 304 g/mol. The Morgan fingerprint density at radius 1 is 0.667 bits per heavy atom. The molecular weight excluding hydrogens is 288 g/mol. The maximum absolute atomic E-state index is 2.43. The minimum atomic E-state index is 0.499. The molecule has 4 aromatic rings. The van der Waals surface area contributed by atoms with E-state index in [0.29, 0.717) is 5.92 Å². The highest BCUT2D eigenvalue weighted by atomic mass is 14.4. The van der Waals surface area contributed by atoms with Crippen molar-refractivity contribution in [1.29, 1.82) is 0 Å². The summed E-state index contributed by atoms with van der Waals surface area (Å²) in [5.41, 5.74) is 7.34. The van der Waals surface area contributed by atoms with Gasteiger partial charge in [-0.15, -0.1) is 0 Å². The molecule has 0 aromatic heterocycles. The van der Waals surface area contributed by atoms with Gasteiger partial charge in [0.1, 0.15) is 0 Å². The van der Waals surface area contributed by atoms with E-state index in [2.05, 4.69) is 78.9 Å². The van der Waals surface area contributed by atoms with Gasteiger partial charge in [-0.3, -0.25) is 0 Å². The summed E-state index contributed by atoms with van der Waals surface area (Å²) in [5, 5.41) is 5.45. The van der Waals surface area contributed by atoms with Crippen LogP contribution >= 0.6 is 0 Å². The molecule has 24 heavy (non-hydrogen) atoms. The molecule has 1 unspecified atom stereocenters. The molecule has 0 spiro atoms. The molecule has 3 aliphatic rings.